The topological polar surface area (TPSA) is 236 Å². The molecule has 2 aliphatic heterocycles. The quantitative estimate of drug-likeness (QED) is 0.128. The molecule has 17 nitrogen and oxygen atoms in total. The molecule has 0 aliphatic carbocycles. The van der Waals surface area contributed by atoms with Gasteiger partial charge in [-0.05, 0) is 66.1 Å². The Labute approximate surface area is 318 Å². The Morgan fingerprint density at radius 2 is 1.76 bits per heavy atom. The molecular formula is C36H30ClN7O10S. The van der Waals surface area contributed by atoms with Crippen LogP contribution in [0.3, 0.4) is 0 Å². The molecule has 2 aliphatic rings. The number of rotatable bonds is 13. The summed E-state index contributed by atoms with van der Waals surface area (Å²) in [4.78, 5) is 71.0. The minimum absolute atomic E-state index is 0.000643. The van der Waals surface area contributed by atoms with E-state index >= 15 is 0 Å². The lowest BCUT2D eigenvalue weighted by Crippen LogP contribution is -2.54. The molecule has 1 unspecified atom stereocenters. The summed E-state index contributed by atoms with van der Waals surface area (Å²) in [5.41, 5.74) is 2.28. The number of nitrogens with one attached hydrogen (secondary N) is 3. The second kappa shape index (κ2) is 16.2. The minimum Gasteiger partial charge on any atom is -0.490 e. The van der Waals surface area contributed by atoms with E-state index < -0.39 is 45.8 Å². The maximum Gasteiger partial charge on any atom is 0.411 e. The molecule has 0 spiro atoms. The van der Waals surface area contributed by atoms with E-state index in [0.29, 0.717) is 17.0 Å². The number of nitriles is 1. The third kappa shape index (κ3) is 9.15. The molecule has 1 aromatic heterocycles. The molecule has 3 N–H and O–H groups in total. The smallest absolute Gasteiger partial charge is 0.411 e. The number of sulfonamides is 1. The standard InChI is InChI=1S/C36H30ClN7O10S/c1-55(50,51)43-35-39-12-11-24(40-35)19-54-25-6-3-20(4-7-25)21-15-22(18-38)31(28(37)16-21)52-13-2-14-53-36(49)41-23-5-8-26-27(17-23)34(48)44(33(26)47)29-9-10-30(45)42-32(29)46/h3-8,11-12,15-17,29H,2,9-10,13-14,19H2,1H3,(H,41,49)(H,39,40,43)(H,42,45,46). The molecule has 0 radical (unpaired) electrons. The van der Waals surface area contributed by atoms with Crippen LogP contribution in [0, 0.1) is 11.3 Å². The summed E-state index contributed by atoms with van der Waals surface area (Å²) < 4.78 is 41.8. The van der Waals surface area contributed by atoms with E-state index in [4.69, 9.17) is 25.8 Å². The Bertz CT molecular complexity index is 2370. The number of nitrogens with zero attached hydrogens (tertiary/aromatic N) is 4. The molecule has 282 valence electrons. The van der Waals surface area contributed by atoms with Gasteiger partial charge in [0, 0.05) is 24.7 Å². The number of carbonyl (C=O) groups excluding carboxylic acids is 5. The second-order valence-electron chi connectivity index (χ2n) is 12.2. The van der Waals surface area contributed by atoms with Gasteiger partial charge in [-0.25, -0.2) is 23.2 Å². The van der Waals surface area contributed by atoms with Crippen LogP contribution in [0.1, 0.15) is 51.2 Å². The summed E-state index contributed by atoms with van der Waals surface area (Å²) in [6.45, 7) is 0.0390. The van der Waals surface area contributed by atoms with Gasteiger partial charge in [0.05, 0.1) is 46.9 Å². The van der Waals surface area contributed by atoms with Crippen LogP contribution in [0.4, 0.5) is 16.4 Å². The van der Waals surface area contributed by atoms with Crippen molar-refractivity contribution in [3.8, 4) is 28.7 Å². The number of imide groups is 2. The summed E-state index contributed by atoms with van der Waals surface area (Å²) in [6, 6.07) is 16.9. The fraction of sp³-hybridized carbons (Fsp3) is 0.222. The van der Waals surface area contributed by atoms with Gasteiger partial charge in [0.1, 0.15) is 24.5 Å². The molecule has 55 heavy (non-hydrogen) atoms. The lowest BCUT2D eigenvalue weighted by molar-refractivity contribution is -0.136. The van der Waals surface area contributed by atoms with Crippen molar-refractivity contribution in [2.45, 2.75) is 31.9 Å². The molecule has 6 rings (SSSR count). The number of hydrogen-bond donors (Lipinski definition) is 3. The van der Waals surface area contributed by atoms with Gasteiger partial charge < -0.3 is 14.2 Å². The number of amides is 5. The van der Waals surface area contributed by atoms with Gasteiger partial charge in [-0.1, -0.05) is 23.7 Å². The number of benzene rings is 3. The van der Waals surface area contributed by atoms with Crippen LogP contribution in [0.2, 0.25) is 5.02 Å². The Morgan fingerprint density at radius 1 is 1.00 bits per heavy atom. The van der Waals surface area contributed by atoms with Gasteiger partial charge in [-0.2, -0.15) is 5.26 Å². The van der Waals surface area contributed by atoms with Crippen molar-refractivity contribution in [1.29, 1.82) is 5.26 Å². The van der Waals surface area contributed by atoms with Gasteiger partial charge in [-0.3, -0.25) is 39.4 Å². The SMILES string of the molecule is CS(=O)(=O)Nc1nccc(COc2ccc(-c3cc(Cl)c(OCCCOC(=O)Nc4ccc5c(c4)C(=O)N(C4CCC(=O)NC4=O)C5=O)c(C#N)c3)cc2)n1. The molecule has 1 saturated heterocycles. The molecule has 0 saturated carbocycles. The number of hydrogen-bond acceptors (Lipinski definition) is 13. The number of halogens is 1. The molecule has 0 bridgehead atoms. The van der Waals surface area contributed by atoms with Crippen molar-refractivity contribution in [3.63, 3.8) is 0 Å². The zero-order chi connectivity index (χ0) is 39.3. The van der Waals surface area contributed by atoms with Crippen LogP contribution in [0.15, 0.2) is 66.9 Å². The summed E-state index contributed by atoms with van der Waals surface area (Å²) in [7, 11) is -3.53. The maximum absolute atomic E-state index is 13.0. The van der Waals surface area contributed by atoms with Gasteiger partial charge in [-0.15, -0.1) is 0 Å². The van der Waals surface area contributed by atoms with Crippen LogP contribution in [-0.2, 0) is 31.0 Å². The molecule has 5 amide bonds. The molecule has 3 aromatic carbocycles. The average Bonchev–Trinajstić information content (AvgIpc) is 3.38. The lowest BCUT2D eigenvalue weighted by Gasteiger charge is -2.27. The Kier molecular flexibility index (Phi) is 11.2. The van der Waals surface area contributed by atoms with Crippen molar-refractivity contribution < 1.29 is 46.6 Å². The van der Waals surface area contributed by atoms with Crippen LogP contribution >= 0.6 is 11.6 Å². The van der Waals surface area contributed by atoms with Crippen LogP contribution in [-0.4, -0.2) is 78.5 Å². The van der Waals surface area contributed by atoms with E-state index in [1.807, 2.05) is 0 Å². The average molecular weight is 788 g/mol. The Balaban J connectivity index is 0.974. The zero-order valence-electron chi connectivity index (χ0n) is 28.8. The Morgan fingerprint density at radius 3 is 2.49 bits per heavy atom. The first-order valence-corrected chi connectivity index (χ1v) is 18.8. The number of aromatic nitrogens is 2. The fourth-order valence-corrected chi connectivity index (χ4v) is 6.39. The van der Waals surface area contributed by atoms with E-state index in [2.05, 4.69) is 31.4 Å². The van der Waals surface area contributed by atoms with Crippen LogP contribution in [0.25, 0.3) is 11.1 Å². The number of carbonyl (C=O) groups is 5. The first kappa shape index (κ1) is 38.2. The normalized spacial score (nSPS) is 15.1. The van der Waals surface area contributed by atoms with E-state index in [1.54, 1.807) is 42.5 Å². The van der Waals surface area contributed by atoms with Crippen molar-refractivity contribution in [2.24, 2.45) is 0 Å². The summed E-state index contributed by atoms with van der Waals surface area (Å²) >= 11 is 6.51. The van der Waals surface area contributed by atoms with Crippen molar-refractivity contribution in [3.05, 3.63) is 94.3 Å². The molecule has 1 atom stereocenters. The third-order valence-electron chi connectivity index (χ3n) is 8.18. The predicted octanol–water partition coefficient (Wildman–Crippen LogP) is 4.04. The fourth-order valence-electron chi connectivity index (χ4n) is 5.68. The predicted molar refractivity (Wildman–Crippen MR) is 195 cm³/mol. The zero-order valence-corrected chi connectivity index (χ0v) is 30.4. The molecule has 19 heteroatoms. The summed E-state index contributed by atoms with van der Waals surface area (Å²) in [5.74, 6) is -1.97. The first-order chi connectivity index (χ1) is 26.3. The van der Waals surface area contributed by atoms with Crippen molar-refractivity contribution >= 4 is 63.0 Å². The van der Waals surface area contributed by atoms with Gasteiger partial charge in [0.15, 0.2) is 5.75 Å². The third-order valence-corrected chi connectivity index (χ3v) is 9.02. The minimum atomic E-state index is -3.53. The molecular weight excluding hydrogens is 758 g/mol. The van der Waals surface area contributed by atoms with Gasteiger partial charge in [0.25, 0.3) is 11.8 Å². The number of ether oxygens (including phenoxy) is 3. The lowest BCUT2D eigenvalue weighted by atomic mass is 10.0. The van der Waals surface area contributed by atoms with E-state index in [0.717, 1.165) is 16.7 Å². The van der Waals surface area contributed by atoms with Gasteiger partial charge >= 0.3 is 6.09 Å². The van der Waals surface area contributed by atoms with Crippen molar-refractivity contribution in [1.82, 2.24) is 20.2 Å². The van der Waals surface area contributed by atoms with E-state index in [9.17, 15) is 37.7 Å². The van der Waals surface area contributed by atoms with Crippen LogP contribution in [0.5, 0.6) is 11.5 Å². The number of fused-ring (bicyclic) bond motifs is 1. The molecule has 3 heterocycles. The first-order valence-electron chi connectivity index (χ1n) is 16.5. The highest BCUT2D eigenvalue weighted by atomic mass is 35.5. The van der Waals surface area contributed by atoms with Crippen LogP contribution < -0.4 is 24.8 Å². The highest BCUT2D eigenvalue weighted by molar-refractivity contribution is 7.92. The highest BCUT2D eigenvalue weighted by Crippen LogP contribution is 2.35. The van der Waals surface area contributed by atoms with E-state index in [1.165, 1.54) is 24.4 Å². The molecule has 1 fully saturated rings. The van der Waals surface area contributed by atoms with Gasteiger partial charge in [0.2, 0.25) is 27.8 Å². The second-order valence-corrected chi connectivity index (χ2v) is 14.3. The molecule has 4 aromatic rings. The summed E-state index contributed by atoms with van der Waals surface area (Å²) in [5, 5.41) is 14.6. The Hall–Kier alpha value is -6.58. The monoisotopic (exact) mass is 787 g/mol. The largest absolute Gasteiger partial charge is 0.490 e. The summed E-state index contributed by atoms with van der Waals surface area (Å²) in [6.07, 6.45) is 1.83. The number of anilines is 2. The maximum atomic E-state index is 13.0. The van der Waals surface area contributed by atoms with Crippen molar-refractivity contribution in [2.75, 3.05) is 29.5 Å². The number of piperidine rings is 1. The highest BCUT2D eigenvalue weighted by Gasteiger charge is 2.44. The van der Waals surface area contributed by atoms with E-state index in [-0.39, 0.29) is 78.2 Å².